The number of anilines is 1. The number of piperidine rings is 1. The molecule has 2 aromatic heterocycles. The fraction of sp³-hybridized carbons (Fsp3) is 0.333. The lowest BCUT2D eigenvalue weighted by molar-refractivity contribution is -0.128. The Morgan fingerprint density at radius 3 is 2.90 bits per heavy atom. The summed E-state index contributed by atoms with van der Waals surface area (Å²) in [6, 6.07) is 4.85. The highest BCUT2D eigenvalue weighted by Gasteiger charge is 2.45. The number of hydrogen-bond acceptors (Lipinski definition) is 5. The second-order valence-corrected chi connectivity index (χ2v) is 7.91. The molecule has 2 fully saturated rings. The summed E-state index contributed by atoms with van der Waals surface area (Å²) in [7, 11) is 0. The number of carboxylic acid groups (broad SMARTS) is 1. The number of hydrogen-bond donors (Lipinski definition) is 3. The van der Waals surface area contributed by atoms with E-state index in [0.717, 1.165) is 43.0 Å². The van der Waals surface area contributed by atoms with Gasteiger partial charge in [-0.2, -0.15) is 0 Å². The number of carboxylic acids is 1. The van der Waals surface area contributed by atoms with Gasteiger partial charge in [0.2, 0.25) is 5.91 Å². The fourth-order valence-corrected chi connectivity index (χ4v) is 4.78. The molecule has 2 saturated heterocycles. The number of pyridine rings is 1. The number of aromatic nitrogens is 2. The molecule has 1 atom stereocenters. The number of aromatic amines is 1. The van der Waals surface area contributed by atoms with Crippen LogP contribution < -0.4 is 10.2 Å². The predicted molar refractivity (Wildman–Crippen MR) is 107 cm³/mol. The van der Waals surface area contributed by atoms with Crippen molar-refractivity contribution in [1.82, 2.24) is 15.3 Å². The fourth-order valence-electron chi connectivity index (χ4n) is 4.78. The average Bonchev–Trinajstić information content (AvgIpc) is 3.27. The molecule has 2 aliphatic rings. The van der Waals surface area contributed by atoms with E-state index in [1.165, 1.54) is 12.3 Å². The molecule has 8 nitrogen and oxygen atoms in total. The first-order valence-corrected chi connectivity index (χ1v) is 9.69. The molecule has 1 spiro atoms. The molecule has 8 heteroatoms. The van der Waals surface area contributed by atoms with Gasteiger partial charge in [-0.25, -0.2) is 9.78 Å². The van der Waals surface area contributed by atoms with Crippen LogP contribution in [0.2, 0.25) is 0 Å². The zero-order valence-corrected chi connectivity index (χ0v) is 15.7. The number of carbonyl (C=O) groups excluding carboxylic acids is 2. The van der Waals surface area contributed by atoms with Crippen molar-refractivity contribution in [3.05, 3.63) is 35.5 Å². The van der Waals surface area contributed by atoms with Gasteiger partial charge >= 0.3 is 5.97 Å². The Hall–Kier alpha value is -3.42. The third-order valence-electron chi connectivity index (χ3n) is 6.26. The van der Waals surface area contributed by atoms with Gasteiger partial charge < -0.3 is 20.3 Å². The van der Waals surface area contributed by atoms with Crippen LogP contribution in [0.1, 0.15) is 40.0 Å². The zero-order valence-electron chi connectivity index (χ0n) is 15.7. The van der Waals surface area contributed by atoms with Gasteiger partial charge in [0, 0.05) is 36.7 Å². The Morgan fingerprint density at radius 1 is 1.31 bits per heavy atom. The van der Waals surface area contributed by atoms with Crippen molar-refractivity contribution in [2.24, 2.45) is 5.41 Å². The van der Waals surface area contributed by atoms with Crippen molar-refractivity contribution in [2.75, 3.05) is 24.5 Å². The highest BCUT2D eigenvalue weighted by atomic mass is 16.4. The van der Waals surface area contributed by atoms with Gasteiger partial charge in [0.25, 0.3) is 0 Å². The van der Waals surface area contributed by atoms with E-state index in [1.54, 1.807) is 12.1 Å². The van der Waals surface area contributed by atoms with Gasteiger partial charge in [-0.05, 0) is 37.5 Å². The number of aromatic carboxylic acids is 1. The molecule has 0 bridgehead atoms. The van der Waals surface area contributed by atoms with Crippen LogP contribution >= 0.6 is 0 Å². The summed E-state index contributed by atoms with van der Waals surface area (Å²) >= 11 is 0. The van der Waals surface area contributed by atoms with E-state index in [1.807, 2.05) is 0 Å². The average molecular weight is 392 g/mol. The Labute approximate surface area is 165 Å². The second-order valence-electron chi connectivity index (χ2n) is 7.91. The lowest BCUT2D eigenvalue weighted by Gasteiger charge is -2.39. The van der Waals surface area contributed by atoms with Crippen molar-refractivity contribution < 1.29 is 19.5 Å². The first kappa shape index (κ1) is 17.7. The number of nitrogens with one attached hydrogen (secondary N) is 2. The minimum absolute atomic E-state index is 0.0926. The Kier molecular flexibility index (Phi) is 3.84. The molecule has 5 rings (SSSR count). The van der Waals surface area contributed by atoms with Crippen LogP contribution in [0.15, 0.2) is 24.4 Å². The van der Waals surface area contributed by atoms with Crippen LogP contribution in [0.25, 0.3) is 21.8 Å². The normalized spacial score (nSPS) is 21.8. The molecule has 29 heavy (non-hydrogen) atoms. The lowest BCUT2D eigenvalue weighted by Crippen LogP contribution is -2.47. The van der Waals surface area contributed by atoms with Gasteiger partial charge in [-0.3, -0.25) is 9.59 Å². The zero-order chi connectivity index (χ0) is 20.2. The monoisotopic (exact) mass is 392 g/mol. The van der Waals surface area contributed by atoms with E-state index in [9.17, 15) is 19.5 Å². The first-order chi connectivity index (χ1) is 14.0. The van der Waals surface area contributed by atoms with Crippen LogP contribution in [0, 0.1) is 5.41 Å². The number of aldehydes is 1. The third kappa shape index (κ3) is 2.59. The van der Waals surface area contributed by atoms with Gasteiger partial charge in [-0.1, -0.05) is 0 Å². The smallest absolute Gasteiger partial charge is 0.335 e. The van der Waals surface area contributed by atoms with Crippen molar-refractivity contribution in [3.63, 3.8) is 0 Å². The van der Waals surface area contributed by atoms with Crippen molar-refractivity contribution in [1.29, 1.82) is 0 Å². The minimum Gasteiger partial charge on any atom is -0.478 e. The molecular weight excluding hydrogens is 372 g/mol. The number of carbonyl (C=O) groups is 3. The Balaban J connectivity index is 1.72. The van der Waals surface area contributed by atoms with Gasteiger partial charge in [-0.15, -0.1) is 0 Å². The maximum absolute atomic E-state index is 12.5. The topological polar surface area (TPSA) is 115 Å². The molecule has 0 radical (unpaired) electrons. The Morgan fingerprint density at radius 2 is 2.17 bits per heavy atom. The number of fused-ring (bicyclic) bond motifs is 3. The largest absolute Gasteiger partial charge is 0.478 e. The molecule has 3 aromatic rings. The van der Waals surface area contributed by atoms with Crippen LogP contribution in [-0.2, 0) is 4.79 Å². The first-order valence-electron chi connectivity index (χ1n) is 9.69. The van der Waals surface area contributed by atoms with E-state index < -0.39 is 11.4 Å². The summed E-state index contributed by atoms with van der Waals surface area (Å²) in [5.74, 6) is -0.241. The quantitative estimate of drug-likeness (QED) is 0.589. The SMILES string of the molecule is O=Cc1cnc(N2CCCC3(CCNC3=O)C2)c2c1[nH]c1ccc(C(=O)O)cc12. The highest BCUT2D eigenvalue weighted by Crippen LogP contribution is 2.41. The number of rotatable bonds is 3. The number of amides is 1. The number of benzene rings is 1. The van der Waals surface area contributed by atoms with Gasteiger partial charge in [0.15, 0.2) is 6.29 Å². The summed E-state index contributed by atoms with van der Waals surface area (Å²) in [6.45, 7) is 2.00. The molecule has 2 aliphatic heterocycles. The van der Waals surface area contributed by atoms with Crippen LogP contribution in [-0.4, -0.2) is 52.9 Å². The molecule has 4 heterocycles. The summed E-state index contributed by atoms with van der Waals surface area (Å²) in [5, 5.41) is 13.8. The maximum Gasteiger partial charge on any atom is 0.335 e. The predicted octanol–water partition coefficient (Wildman–Crippen LogP) is 2.33. The molecule has 1 amide bonds. The molecule has 0 aliphatic carbocycles. The molecule has 0 saturated carbocycles. The van der Waals surface area contributed by atoms with Gasteiger partial charge in [0.1, 0.15) is 5.82 Å². The van der Waals surface area contributed by atoms with Crippen LogP contribution in [0.4, 0.5) is 5.82 Å². The van der Waals surface area contributed by atoms with E-state index in [0.29, 0.717) is 35.4 Å². The summed E-state index contributed by atoms with van der Waals surface area (Å²) in [4.78, 5) is 45.5. The molecule has 3 N–H and O–H groups in total. The van der Waals surface area contributed by atoms with Crippen molar-refractivity contribution in [2.45, 2.75) is 19.3 Å². The van der Waals surface area contributed by atoms with Crippen molar-refractivity contribution >= 4 is 45.8 Å². The number of nitrogens with zero attached hydrogens (tertiary/aromatic N) is 2. The minimum atomic E-state index is -1.01. The standard InChI is InChI=1S/C21H20N4O4/c26-10-13-9-23-18(25-7-1-4-21(11-25)5-6-22-20(21)29)16-14-8-12(19(27)28)2-3-15(14)24-17(13)16/h2-3,8-10,24H,1,4-7,11H2,(H,22,29)(H,27,28). The molecular formula is C21H20N4O4. The summed E-state index contributed by atoms with van der Waals surface area (Å²) in [6.07, 6.45) is 4.80. The Bertz CT molecular complexity index is 1180. The van der Waals surface area contributed by atoms with E-state index in [4.69, 9.17) is 0 Å². The third-order valence-corrected chi connectivity index (χ3v) is 6.26. The summed E-state index contributed by atoms with van der Waals surface area (Å²) < 4.78 is 0. The summed E-state index contributed by atoms with van der Waals surface area (Å²) in [5.41, 5.74) is 1.56. The van der Waals surface area contributed by atoms with E-state index in [-0.39, 0.29) is 11.5 Å². The highest BCUT2D eigenvalue weighted by molar-refractivity contribution is 6.17. The van der Waals surface area contributed by atoms with E-state index >= 15 is 0 Å². The van der Waals surface area contributed by atoms with Gasteiger partial charge in [0.05, 0.1) is 27.4 Å². The molecule has 1 unspecified atom stereocenters. The molecule has 1 aromatic carbocycles. The molecule has 148 valence electrons. The van der Waals surface area contributed by atoms with E-state index in [2.05, 4.69) is 20.2 Å². The van der Waals surface area contributed by atoms with Crippen LogP contribution in [0.5, 0.6) is 0 Å². The maximum atomic E-state index is 12.5. The van der Waals surface area contributed by atoms with Crippen molar-refractivity contribution in [3.8, 4) is 0 Å². The number of H-pyrrole nitrogens is 1. The second kappa shape index (κ2) is 6.30. The van der Waals surface area contributed by atoms with Crippen LogP contribution in [0.3, 0.4) is 0 Å². The lowest BCUT2D eigenvalue weighted by atomic mass is 9.78.